The van der Waals surface area contributed by atoms with Gasteiger partial charge in [0.1, 0.15) is 16.4 Å². The van der Waals surface area contributed by atoms with Crippen molar-refractivity contribution in [3.8, 4) is 11.5 Å². The Hall–Kier alpha value is -3.71. The van der Waals surface area contributed by atoms with Gasteiger partial charge in [0.05, 0.1) is 30.5 Å². The molecule has 0 spiro atoms. The van der Waals surface area contributed by atoms with E-state index in [0.29, 0.717) is 22.8 Å². The van der Waals surface area contributed by atoms with E-state index in [1.807, 2.05) is 0 Å². The van der Waals surface area contributed by atoms with E-state index < -0.39 is 14.9 Å². The predicted octanol–water partition coefficient (Wildman–Crippen LogP) is 3.18. The van der Waals surface area contributed by atoms with Crippen LogP contribution in [0.2, 0.25) is 0 Å². The molecule has 198 valence electrons. The summed E-state index contributed by atoms with van der Waals surface area (Å²) in [5, 5.41) is 15.5. The number of rotatable bonds is 11. The molecule has 0 atom stereocenters. The summed E-state index contributed by atoms with van der Waals surface area (Å²) in [7, 11) is 2.47. The number of hydrazone groups is 1. The van der Waals surface area contributed by atoms with Crippen LogP contribution in [0.4, 0.5) is 11.4 Å². The summed E-state index contributed by atoms with van der Waals surface area (Å²) in [6.07, 6.45) is 0.750. The van der Waals surface area contributed by atoms with E-state index in [2.05, 4.69) is 10.5 Å². The Morgan fingerprint density at radius 1 is 1.11 bits per heavy atom. The summed E-state index contributed by atoms with van der Waals surface area (Å²) in [4.78, 5) is 21.2. The van der Waals surface area contributed by atoms with Crippen LogP contribution in [0.5, 0.6) is 11.5 Å². The quantitative estimate of drug-likeness (QED) is 0.205. The third kappa shape index (κ3) is 7.92. The number of nitro benzene ring substituents is 1. The Kier molecular flexibility index (Phi) is 11.8. The molecular weight excluding hydrogens is 490 g/mol. The average Bonchev–Trinajstić information content (AvgIpc) is 2.87. The third-order valence-corrected chi connectivity index (χ3v) is 6.94. The highest BCUT2D eigenvalue weighted by Gasteiger charge is 2.27. The molecule has 0 saturated heterocycles. The molecule has 1 amide bonds. The number of carbonyl (C=O) groups is 1. The molecule has 0 bridgehead atoms. The van der Waals surface area contributed by atoms with Crippen molar-refractivity contribution < 1.29 is 27.6 Å². The minimum Gasteiger partial charge on any atom is -0.497 e. The van der Waals surface area contributed by atoms with E-state index in [-0.39, 0.29) is 29.4 Å². The maximum absolute atomic E-state index is 13.1. The molecule has 0 saturated carbocycles. The highest BCUT2D eigenvalue weighted by atomic mass is 32.2. The Bertz CT molecular complexity index is 1180. The molecule has 0 unspecified atom stereocenters. The Balaban J connectivity index is 0.00000118. The van der Waals surface area contributed by atoms with E-state index in [1.165, 1.54) is 28.4 Å². The number of hydrogen-bond acceptors (Lipinski definition) is 9. The Morgan fingerprint density at radius 2 is 1.72 bits per heavy atom. The lowest BCUT2D eigenvalue weighted by Crippen LogP contribution is -2.31. The van der Waals surface area contributed by atoms with Crippen LogP contribution in [0, 0.1) is 10.1 Å². The summed E-state index contributed by atoms with van der Waals surface area (Å²) in [5.74, 6) is 1.14. The fourth-order valence-corrected chi connectivity index (χ4v) is 4.55. The van der Waals surface area contributed by atoms with Gasteiger partial charge in [0.25, 0.3) is 5.69 Å². The zero-order valence-corrected chi connectivity index (χ0v) is 22.3. The molecule has 1 N–H and O–H groups in total. The molecule has 0 aliphatic heterocycles. The highest BCUT2D eigenvalue weighted by Crippen LogP contribution is 2.30. The Labute approximate surface area is 211 Å². The van der Waals surface area contributed by atoms with Crippen LogP contribution in [-0.2, 0) is 14.8 Å². The summed E-state index contributed by atoms with van der Waals surface area (Å²) in [6.45, 7) is 5.58. The monoisotopic (exact) mass is 523 g/mol. The molecule has 0 aromatic heterocycles. The molecule has 0 fully saturated rings. The SMILES string of the molecule is CCN(CC)S(=O)(=O)c1cc([N+](=O)[O-])ccc1N/N=C(/C)c1ccc(OC)cc1OC.CN(C)C=O. The molecule has 12 nitrogen and oxygen atoms in total. The lowest BCUT2D eigenvalue weighted by Gasteiger charge is -2.20. The van der Waals surface area contributed by atoms with E-state index in [4.69, 9.17) is 9.47 Å². The van der Waals surface area contributed by atoms with Crippen LogP contribution in [0.3, 0.4) is 0 Å². The number of non-ortho nitro benzene ring substituents is 1. The second-order valence-electron chi connectivity index (χ2n) is 7.47. The number of nitro groups is 1. The lowest BCUT2D eigenvalue weighted by atomic mass is 10.1. The van der Waals surface area contributed by atoms with Gasteiger partial charge in [0.2, 0.25) is 16.4 Å². The average molecular weight is 524 g/mol. The van der Waals surface area contributed by atoms with Crippen molar-refractivity contribution in [2.75, 3.05) is 46.8 Å². The third-order valence-electron chi connectivity index (χ3n) is 4.85. The van der Waals surface area contributed by atoms with Gasteiger partial charge in [0, 0.05) is 50.9 Å². The number of carbonyl (C=O) groups excluding carboxylic acids is 1. The van der Waals surface area contributed by atoms with Crippen molar-refractivity contribution >= 4 is 33.5 Å². The van der Waals surface area contributed by atoms with Gasteiger partial charge in [-0.05, 0) is 25.1 Å². The number of sulfonamides is 1. The number of amides is 1. The zero-order chi connectivity index (χ0) is 27.5. The van der Waals surface area contributed by atoms with Crippen molar-refractivity contribution in [1.82, 2.24) is 9.21 Å². The van der Waals surface area contributed by atoms with Crippen LogP contribution in [0.15, 0.2) is 46.4 Å². The molecule has 13 heteroatoms. The molecule has 2 rings (SSSR count). The molecule has 36 heavy (non-hydrogen) atoms. The molecule has 2 aromatic carbocycles. The van der Waals surface area contributed by atoms with Crippen molar-refractivity contribution in [3.63, 3.8) is 0 Å². The molecule has 0 radical (unpaired) electrons. The van der Waals surface area contributed by atoms with Gasteiger partial charge in [-0.25, -0.2) is 8.42 Å². The summed E-state index contributed by atoms with van der Waals surface area (Å²) < 4.78 is 37.9. The first-order chi connectivity index (χ1) is 17.0. The van der Waals surface area contributed by atoms with E-state index >= 15 is 0 Å². The summed E-state index contributed by atoms with van der Waals surface area (Å²) in [6, 6.07) is 8.81. The van der Waals surface area contributed by atoms with Gasteiger partial charge in [0.15, 0.2) is 0 Å². The maximum Gasteiger partial charge on any atom is 0.270 e. The van der Waals surface area contributed by atoms with E-state index in [0.717, 1.165) is 12.5 Å². The minimum absolute atomic E-state index is 0.129. The Morgan fingerprint density at radius 3 is 2.19 bits per heavy atom. The normalized spacial score (nSPS) is 11.3. The van der Waals surface area contributed by atoms with Crippen LogP contribution in [0.1, 0.15) is 26.3 Å². The molecule has 0 aliphatic rings. The van der Waals surface area contributed by atoms with Gasteiger partial charge in [-0.2, -0.15) is 9.41 Å². The van der Waals surface area contributed by atoms with Crippen molar-refractivity contribution in [3.05, 3.63) is 52.1 Å². The second-order valence-corrected chi connectivity index (χ2v) is 9.38. The van der Waals surface area contributed by atoms with Gasteiger partial charge in [-0.15, -0.1) is 0 Å². The first kappa shape index (κ1) is 30.3. The van der Waals surface area contributed by atoms with Crippen LogP contribution in [0.25, 0.3) is 0 Å². The largest absolute Gasteiger partial charge is 0.497 e. The van der Waals surface area contributed by atoms with Crippen LogP contribution in [-0.4, -0.2) is 76.1 Å². The lowest BCUT2D eigenvalue weighted by molar-refractivity contribution is -0.385. The predicted molar refractivity (Wildman–Crippen MR) is 138 cm³/mol. The van der Waals surface area contributed by atoms with Crippen LogP contribution >= 0.6 is 0 Å². The minimum atomic E-state index is -3.97. The van der Waals surface area contributed by atoms with Gasteiger partial charge in [-0.1, -0.05) is 13.8 Å². The number of ether oxygens (including phenoxy) is 2. The smallest absolute Gasteiger partial charge is 0.270 e. The number of anilines is 1. The second kappa shape index (κ2) is 14.0. The number of nitrogens with zero attached hydrogens (tertiary/aromatic N) is 4. The summed E-state index contributed by atoms with van der Waals surface area (Å²) in [5.41, 5.74) is 3.73. The van der Waals surface area contributed by atoms with Crippen molar-refractivity contribution in [2.45, 2.75) is 25.7 Å². The number of hydrogen-bond donors (Lipinski definition) is 1. The van der Waals surface area contributed by atoms with Gasteiger partial charge in [-0.3, -0.25) is 20.3 Å². The zero-order valence-electron chi connectivity index (χ0n) is 21.5. The molecule has 0 heterocycles. The standard InChI is InChI=1S/C20H26N4O6S.C3H7NO/c1-6-23(7-2)31(27,28)20-12-15(24(25)26)8-11-18(20)22-21-14(3)17-10-9-16(29-4)13-19(17)30-5;1-4(2)3-5/h8-13,22H,6-7H2,1-5H3;3H,1-2H3/b21-14-;. The summed E-state index contributed by atoms with van der Waals surface area (Å²) >= 11 is 0. The number of methoxy groups -OCH3 is 2. The van der Waals surface area contributed by atoms with Gasteiger partial charge >= 0.3 is 0 Å². The fourth-order valence-electron chi connectivity index (χ4n) is 2.93. The number of nitrogens with one attached hydrogen (secondary N) is 1. The molecule has 2 aromatic rings. The van der Waals surface area contributed by atoms with Crippen molar-refractivity contribution in [1.29, 1.82) is 0 Å². The molecular formula is C23H33N5O7S. The highest BCUT2D eigenvalue weighted by molar-refractivity contribution is 7.89. The van der Waals surface area contributed by atoms with Crippen LogP contribution < -0.4 is 14.9 Å². The fraction of sp³-hybridized carbons (Fsp3) is 0.391. The van der Waals surface area contributed by atoms with E-state index in [9.17, 15) is 23.3 Å². The topological polar surface area (TPSA) is 144 Å². The first-order valence-corrected chi connectivity index (χ1v) is 12.3. The maximum atomic E-state index is 13.1. The molecule has 0 aliphatic carbocycles. The van der Waals surface area contributed by atoms with E-state index in [1.54, 1.807) is 60.2 Å². The first-order valence-electron chi connectivity index (χ1n) is 10.9. The number of benzene rings is 2. The van der Waals surface area contributed by atoms with Gasteiger partial charge < -0.3 is 14.4 Å². The van der Waals surface area contributed by atoms with Crippen molar-refractivity contribution in [2.24, 2.45) is 5.10 Å².